The monoisotopic (exact) mass is 383 g/mol. The van der Waals surface area contributed by atoms with Crippen LogP contribution in [0.15, 0.2) is 53.3 Å². The minimum absolute atomic E-state index is 0.133. The first-order valence-corrected chi connectivity index (χ1v) is 8.66. The minimum atomic E-state index is -0.299. The molecular weight excluding hydrogens is 366 g/mol. The highest BCUT2D eigenvalue weighted by Crippen LogP contribution is 2.22. The van der Waals surface area contributed by atoms with E-state index in [4.69, 9.17) is 16.3 Å². The Kier molecular flexibility index (Phi) is 5.57. The van der Waals surface area contributed by atoms with E-state index >= 15 is 0 Å². The molecule has 0 bridgehead atoms. The second-order valence-electron chi connectivity index (χ2n) is 6.06. The van der Waals surface area contributed by atoms with Crippen molar-refractivity contribution in [2.24, 2.45) is 0 Å². The third-order valence-electron chi connectivity index (χ3n) is 3.79. The first-order valence-electron chi connectivity index (χ1n) is 8.28. The molecular formula is C20H18ClN3O3. The van der Waals surface area contributed by atoms with Crippen LogP contribution in [-0.4, -0.2) is 22.5 Å². The Morgan fingerprint density at radius 3 is 2.74 bits per heavy atom. The maximum absolute atomic E-state index is 12.2. The molecule has 0 atom stereocenters. The number of nitrogens with zero attached hydrogens (tertiary/aromatic N) is 1. The second kappa shape index (κ2) is 8.05. The van der Waals surface area contributed by atoms with Gasteiger partial charge < -0.3 is 15.0 Å². The van der Waals surface area contributed by atoms with Gasteiger partial charge in [0.25, 0.3) is 11.5 Å². The van der Waals surface area contributed by atoms with Gasteiger partial charge in [-0.15, -0.1) is 0 Å². The van der Waals surface area contributed by atoms with Gasteiger partial charge in [0.15, 0.2) is 6.61 Å². The van der Waals surface area contributed by atoms with Gasteiger partial charge in [0.1, 0.15) is 11.6 Å². The average Bonchev–Trinajstić information content (AvgIpc) is 2.60. The number of H-pyrrole nitrogens is 1. The molecule has 0 aliphatic rings. The average molecular weight is 384 g/mol. The van der Waals surface area contributed by atoms with Crippen molar-refractivity contribution < 1.29 is 9.53 Å². The van der Waals surface area contributed by atoms with Gasteiger partial charge in [0.2, 0.25) is 0 Å². The van der Waals surface area contributed by atoms with Crippen LogP contribution in [-0.2, 0) is 4.79 Å². The zero-order valence-electron chi connectivity index (χ0n) is 14.9. The maximum atomic E-state index is 12.2. The molecule has 2 aromatic carbocycles. The van der Waals surface area contributed by atoms with Gasteiger partial charge in [-0.2, -0.15) is 0 Å². The number of anilines is 1. The summed E-state index contributed by atoms with van der Waals surface area (Å²) in [5.41, 5.74) is 2.53. The molecule has 0 spiro atoms. The Hall–Kier alpha value is -3.12. The predicted molar refractivity (Wildman–Crippen MR) is 105 cm³/mol. The van der Waals surface area contributed by atoms with E-state index < -0.39 is 0 Å². The lowest BCUT2D eigenvalue weighted by Crippen LogP contribution is -2.20. The van der Waals surface area contributed by atoms with Gasteiger partial charge >= 0.3 is 0 Å². The predicted octanol–water partition coefficient (Wildman–Crippen LogP) is 3.72. The summed E-state index contributed by atoms with van der Waals surface area (Å²) >= 11 is 5.91. The largest absolute Gasteiger partial charge is 0.483 e. The molecule has 0 saturated carbocycles. The van der Waals surface area contributed by atoms with Crippen molar-refractivity contribution in [3.05, 3.63) is 75.2 Å². The van der Waals surface area contributed by atoms with Crippen LogP contribution in [0, 0.1) is 13.8 Å². The van der Waals surface area contributed by atoms with Crippen LogP contribution in [0.5, 0.6) is 5.75 Å². The number of amides is 1. The summed E-state index contributed by atoms with van der Waals surface area (Å²) < 4.78 is 5.54. The van der Waals surface area contributed by atoms with Crippen LogP contribution in [0.25, 0.3) is 11.4 Å². The number of halogens is 1. The van der Waals surface area contributed by atoms with Gasteiger partial charge in [-0.25, -0.2) is 4.98 Å². The van der Waals surface area contributed by atoms with E-state index in [2.05, 4.69) is 15.3 Å². The van der Waals surface area contributed by atoms with E-state index in [-0.39, 0.29) is 18.1 Å². The molecule has 0 fully saturated rings. The lowest BCUT2D eigenvalue weighted by Gasteiger charge is -2.10. The first kappa shape index (κ1) is 18.7. The van der Waals surface area contributed by atoms with Crippen molar-refractivity contribution in [3.63, 3.8) is 0 Å². The van der Waals surface area contributed by atoms with Crippen molar-refractivity contribution in [1.82, 2.24) is 9.97 Å². The molecule has 27 heavy (non-hydrogen) atoms. The SMILES string of the molecule is Cc1cc(=O)[nH]c(-c2cccc(NC(=O)COc3ccc(Cl)cc3C)c2)n1. The van der Waals surface area contributed by atoms with Crippen LogP contribution in [0.4, 0.5) is 5.69 Å². The van der Waals surface area contributed by atoms with Crippen molar-refractivity contribution in [3.8, 4) is 17.1 Å². The number of carbonyl (C=O) groups excluding carboxylic acids is 1. The second-order valence-corrected chi connectivity index (χ2v) is 6.50. The third-order valence-corrected chi connectivity index (χ3v) is 4.02. The number of ether oxygens (including phenoxy) is 1. The molecule has 1 heterocycles. The number of nitrogens with one attached hydrogen (secondary N) is 2. The number of benzene rings is 2. The maximum Gasteiger partial charge on any atom is 0.262 e. The molecule has 0 aliphatic carbocycles. The van der Waals surface area contributed by atoms with Crippen LogP contribution in [0.3, 0.4) is 0 Å². The Balaban J connectivity index is 1.68. The van der Waals surface area contributed by atoms with E-state index in [0.717, 1.165) is 5.56 Å². The minimum Gasteiger partial charge on any atom is -0.483 e. The molecule has 3 rings (SSSR count). The van der Waals surface area contributed by atoms with Gasteiger partial charge in [-0.1, -0.05) is 23.7 Å². The highest BCUT2D eigenvalue weighted by Gasteiger charge is 2.08. The summed E-state index contributed by atoms with van der Waals surface area (Å²) in [6.07, 6.45) is 0. The molecule has 1 amide bonds. The number of aromatic amines is 1. The highest BCUT2D eigenvalue weighted by atomic mass is 35.5. The molecule has 0 radical (unpaired) electrons. The number of rotatable bonds is 5. The van der Waals surface area contributed by atoms with Crippen LogP contribution in [0.2, 0.25) is 5.02 Å². The third kappa shape index (κ3) is 4.95. The topological polar surface area (TPSA) is 84.1 Å². The smallest absolute Gasteiger partial charge is 0.262 e. The van der Waals surface area contributed by atoms with Crippen molar-refractivity contribution in [2.45, 2.75) is 13.8 Å². The molecule has 1 aromatic heterocycles. The first-order chi connectivity index (χ1) is 12.9. The van der Waals surface area contributed by atoms with E-state index in [0.29, 0.717) is 33.5 Å². The summed E-state index contributed by atoms with van der Waals surface area (Å²) in [5.74, 6) is 0.751. The van der Waals surface area contributed by atoms with Crippen LogP contribution >= 0.6 is 11.6 Å². The van der Waals surface area contributed by atoms with Gasteiger partial charge in [0, 0.05) is 28.0 Å². The van der Waals surface area contributed by atoms with E-state index in [9.17, 15) is 9.59 Å². The molecule has 3 aromatic rings. The van der Waals surface area contributed by atoms with Gasteiger partial charge in [-0.05, 0) is 49.7 Å². The molecule has 0 unspecified atom stereocenters. The van der Waals surface area contributed by atoms with E-state index in [1.54, 1.807) is 49.4 Å². The lowest BCUT2D eigenvalue weighted by molar-refractivity contribution is -0.118. The lowest BCUT2D eigenvalue weighted by atomic mass is 10.2. The number of hydrogen-bond acceptors (Lipinski definition) is 4. The fourth-order valence-corrected chi connectivity index (χ4v) is 2.80. The Bertz CT molecular complexity index is 1050. The summed E-state index contributed by atoms with van der Waals surface area (Å²) in [6, 6.07) is 13.7. The highest BCUT2D eigenvalue weighted by molar-refractivity contribution is 6.30. The van der Waals surface area contributed by atoms with E-state index in [1.165, 1.54) is 6.07 Å². The number of aromatic nitrogens is 2. The number of carbonyl (C=O) groups is 1. The zero-order chi connectivity index (χ0) is 19.4. The quantitative estimate of drug-likeness (QED) is 0.703. The normalized spacial score (nSPS) is 10.5. The van der Waals surface area contributed by atoms with Crippen LogP contribution < -0.4 is 15.6 Å². The number of aryl methyl sites for hydroxylation is 2. The van der Waals surface area contributed by atoms with Gasteiger partial charge in [-0.3, -0.25) is 9.59 Å². The van der Waals surface area contributed by atoms with Crippen molar-refractivity contribution in [2.75, 3.05) is 11.9 Å². The number of hydrogen-bond donors (Lipinski definition) is 2. The van der Waals surface area contributed by atoms with Crippen molar-refractivity contribution >= 4 is 23.2 Å². The summed E-state index contributed by atoms with van der Waals surface area (Å²) in [6.45, 7) is 3.48. The summed E-state index contributed by atoms with van der Waals surface area (Å²) in [7, 11) is 0. The van der Waals surface area contributed by atoms with E-state index in [1.807, 2.05) is 6.92 Å². The fourth-order valence-electron chi connectivity index (χ4n) is 2.58. The molecule has 0 aliphatic heterocycles. The Morgan fingerprint density at radius 2 is 2.00 bits per heavy atom. The Morgan fingerprint density at radius 1 is 1.19 bits per heavy atom. The zero-order valence-corrected chi connectivity index (χ0v) is 15.6. The standard InChI is InChI=1S/C20H18ClN3O3/c1-12-8-15(21)6-7-17(12)27-11-19(26)23-16-5-3-4-14(10-16)20-22-13(2)9-18(25)24-20/h3-10H,11H2,1-2H3,(H,23,26)(H,22,24,25). The molecule has 2 N–H and O–H groups in total. The van der Waals surface area contributed by atoms with Gasteiger partial charge in [0.05, 0.1) is 0 Å². The summed E-state index contributed by atoms with van der Waals surface area (Å²) in [5, 5.41) is 3.39. The molecule has 0 saturated heterocycles. The molecule has 7 heteroatoms. The van der Waals surface area contributed by atoms with Crippen molar-refractivity contribution in [1.29, 1.82) is 0 Å². The molecule has 6 nitrogen and oxygen atoms in total. The summed E-state index contributed by atoms with van der Waals surface area (Å²) in [4.78, 5) is 30.8. The molecule has 138 valence electrons. The fraction of sp³-hybridized carbons (Fsp3) is 0.150. The van der Waals surface area contributed by atoms with Crippen LogP contribution in [0.1, 0.15) is 11.3 Å². The Labute approximate surface area is 161 Å².